The number of halogens is 2. The number of aromatic nitrogens is 1. The highest BCUT2D eigenvalue weighted by Gasteiger charge is 2.19. The van der Waals surface area contributed by atoms with Crippen molar-refractivity contribution in [1.29, 1.82) is 0 Å². The molecule has 1 aromatic heterocycles. The number of nitrogens with two attached hydrogens (primary N) is 1. The van der Waals surface area contributed by atoms with Gasteiger partial charge in [0.05, 0.1) is 12.8 Å². The molecular formula is C24H29ClFN3O2S. The normalized spacial score (nSPS) is 12.6. The third kappa shape index (κ3) is 5.71. The molecule has 0 fully saturated rings. The molecule has 3 aromatic rings. The second kappa shape index (κ2) is 11.5. The summed E-state index contributed by atoms with van der Waals surface area (Å²) in [6.07, 6.45) is 4.67. The van der Waals surface area contributed by atoms with Crippen molar-refractivity contribution in [2.24, 2.45) is 5.73 Å². The van der Waals surface area contributed by atoms with Crippen LogP contribution in [0.3, 0.4) is 0 Å². The Morgan fingerprint density at radius 1 is 1.12 bits per heavy atom. The van der Waals surface area contributed by atoms with Gasteiger partial charge in [0.15, 0.2) is 16.6 Å². The minimum absolute atomic E-state index is 0. The SMILES string of the molecule is COc1cc(CN(CCN)c2nc3c(s2)CCCC3)ccc1OCc1ccccc1F.Cl. The van der Waals surface area contributed by atoms with E-state index in [1.165, 1.54) is 29.5 Å². The Balaban J connectivity index is 0.00000289. The average Bonchev–Trinajstić information content (AvgIpc) is 3.23. The van der Waals surface area contributed by atoms with Gasteiger partial charge in [0, 0.05) is 30.1 Å². The first-order chi connectivity index (χ1) is 15.2. The number of thiazole rings is 1. The first-order valence-corrected chi connectivity index (χ1v) is 11.5. The summed E-state index contributed by atoms with van der Waals surface area (Å²) in [5, 5.41) is 1.04. The first-order valence-electron chi connectivity index (χ1n) is 10.6. The lowest BCUT2D eigenvalue weighted by Gasteiger charge is -2.22. The van der Waals surface area contributed by atoms with Gasteiger partial charge in [0.25, 0.3) is 0 Å². The fourth-order valence-corrected chi connectivity index (χ4v) is 4.97. The summed E-state index contributed by atoms with van der Waals surface area (Å²) in [7, 11) is 1.61. The van der Waals surface area contributed by atoms with E-state index >= 15 is 0 Å². The molecule has 0 saturated carbocycles. The third-order valence-corrected chi connectivity index (χ3v) is 6.66. The van der Waals surface area contributed by atoms with Crippen molar-refractivity contribution in [3.05, 3.63) is 70.0 Å². The van der Waals surface area contributed by atoms with Crippen LogP contribution in [0.1, 0.15) is 34.5 Å². The number of methoxy groups -OCH3 is 1. The Hall–Kier alpha value is -2.35. The Morgan fingerprint density at radius 3 is 2.69 bits per heavy atom. The van der Waals surface area contributed by atoms with Gasteiger partial charge < -0.3 is 20.1 Å². The smallest absolute Gasteiger partial charge is 0.186 e. The quantitative estimate of drug-likeness (QED) is 0.462. The van der Waals surface area contributed by atoms with E-state index in [4.69, 9.17) is 20.2 Å². The Kier molecular flexibility index (Phi) is 8.73. The average molecular weight is 478 g/mol. The highest BCUT2D eigenvalue weighted by molar-refractivity contribution is 7.15. The molecule has 8 heteroatoms. The van der Waals surface area contributed by atoms with E-state index in [1.54, 1.807) is 36.6 Å². The van der Waals surface area contributed by atoms with Gasteiger partial charge in [-0.05, 0) is 49.4 Å². The Bertz CT molecular complexity index is 1010. The minimum atomic E-state index is -0.276. The zero-order valence-electron chi connectivity index (χ0n) is 18.2. The largest absolute Gasteiger partial charge is 0.493 e. The molecule has 0 aliphatic heterocycles. The van der Waals surface area contributed by atoms with E-state index in [9.17, 15) is 4.39 Å². The van der Waals surface area contributed by atoms with E-state index in [0.717, 1.165) is 30.1 Å². The molecule has 1 heterocycles. The monoisotopic (exact) mass is 477 g/mol. The summed E-state index contributed by atoms with van der Waals surface area (Å²) < 4.78 is 25.2. The molecule has 0 radical (unpaired) electrons. The van der Waals surface area contributed by atoms with Gasteiger partial charge in [-0.25, -0.2) is 9.37 Å². The van der Waals surface area contributed by atoms with Crippen LogP contribution in [0.2, 0.25) is 0 Å². The lowest BCUT2D eigenvalue weighted by atomic mass is 10.0. The van der Waals surface area contributed by atoms with Crippen molar-refractivity contribution < 1.29 is 13.9 Å². The molecule has 0 unspecified atom stereocenters. The number of benzene rings is 2. The number of nitrogens with zero attached hydrogens (tertiary/aromatic N) is 2. The second-order valence-corrected chi connectivity index (χ2v) is 8.71. The van der Waals surface area contributed by atoms with Crippen LogP contribution in [0.4, 0.5) is 9.52 Å². The van der Waals surface area contributed by atoms with Crippen molar-refractivity contribution in [1.82, 2.24) is 4.98 Å². The van der Waals surface area contributed by atoms with Crippen LogP contribution in [-0.4, -0.2) is 25.2 Å². The molecule has 0 spiro atoms. The summed E-state index contributed by atoms with van der Waals surface area (Å²) in [4.78, 5) is 8.54. The lowest BCUT2D eigenvalue weighted by molar-refractivity contribution is 0.279. The fraction of sp³-hybridized carbons (Fsp3) is 0.375. The summed E-state index contributed by atoms with van der Waals surface area (Å²) in [6.45, 7) is 2.13. The number of fused-ring (bicyclic) bond motifs is 1. The molecule has 1 aliphatic rings. The molecule has 4 rings (SSSR count). The fourth-order valence-electron chi connectivity index (χ4n) is 3.79. The standard InChI is InChI=1S/C24H28FN3O2S.ClH/c1-29-22-14-17(10-11-21(22)30-16-18-6-2-3-7-19(18)25)15-28(13-12-26)24-27-20-8-4-5-9-23(20)31-24;/h2-3,6-7,10-11,14H,4-5,8-9,12-13,15-16,26H2,1H3;1H. The van der Waals surface area contributed by atoms with E-state index < -0.39 is 0 Å². The van der Waals surface area contributed by atoms with Crippen LogP contribution in [0.15, 0.2) is 42.5 Å². The summed E-state index contributed by atoms with van der Waals surface area (Å²) >= 11 is 1.79. The van der Waals surface area contributed by atoms with Gasteiger partial charge >= 0.3 is 0 Å². The Morgan fingerprint density at radius 2 is 1.94 bits per heavy atom. The molecule has 1 aliphatic carbocycles. The van der Waals surface area contributed by atoms with Crippen molar-refractivity contribution in [3.63, 3.8) is 0 Å². The number of rotatable bonds is 9. The number of ether oxygens (including phenoxy) is 2. The van der Waals surface area contributed by atoms with Crippen molar-refractivity contribution in [3.8, 4) is 11.5 Å². The maximum Gasteiger partial charge on any atom is 0.186 e. The van der Waals surface area contributed by atoms with Crippen LogP contribution in [0.5, 0.6) is 11.5 Å². The Labute approximate surface area is 198 Å². The molecule has 0 bridgehead atoms. The highest BCUT2D eigenvalue weighted by Crippen LogP contribution is 2.34. The highest BCUT2D eigenvalue weighted by atomic mass is 35.5. The summed E-state index contributed by atoms with van der Waals surface area (Å²) in [6, 6.07) is 12.5. The minimum Gasteiger partial charge on any atom is -0.493 e. The van der Waals surface area contributed by atoms with E-state index in [0.29, 0.717) is 30.2 Å². The number of anilines is 1. The molecule has 0 atom stereocenters. The topological polar surface area (TPSA) is 60.6 Å². The van der Waals surface area contributed by atoms with Gasteiger partial charge in [-0.3, -0.25) is 0 Å². The molecular weight excluding hydrogens is 449 g/mol. The third-order valence-electron chi connectivity index (χ3n) is 5.45. The maximum atomic E-state index is 13.9. The summed E-state index contributed by atoms with van der Waals surface area (Å²) in [5.74, 6) is 0.936. The zero-order valence-corrected chi connectivity index (χ0v) is 19.8. The molecule has 0 amide bonds. The van der Waals surface area contributed by atoms with Crippen molar-refractivity contribution >= 4 is 28.9 Å². The van der Waals surface area contributed by atoms with E-state index in [1.807, 2.05) is 18.2 Å². The molecule has 0 saturated heterocycles. The van der Waals surface area contributed by atoms with Crippen LogP contribution in [0.25, 0.3) is 0 Å². The van der Waals surface area contributed by atoms with Crippen molar-refractivity contribution in [2.75, 3.05) is 25.1 Å². The van der Waals surface area contributed by atoms with E-state index in [2.05, 4.69) is 4.90 Å². The molecule has 5 nitrogen and oxygen atoms in total. The lowest BCUT2D eigenvalue weighted by Crippen LogP contribution is -2.28. The maximum absolute atomic E-state index is 13.9. The second-order valence-electron chi connectivity index (χ2n) is 7.65. The summed E-state index contributed by atoms with van der Waals surface area (Å²) in [5.41, 5.74) is 8.73. The predicted molar refractivity (Wildman–Crippen MR) is 130 cm³/mol. The van der Waals surface area contributed by atoms with Crippen molar-refractivity contribution in [2.45, 2.75) is 38.8 Å². The van der Waals surface area contributed by atoms with Crippen LogP contribution >= 0.6 is 23.7 Å². The number of hydrogen-bond acceptors (Lipinski definition) is 6. The van der Waals surface area contributed by atoms with Gasteiger partial charge in [0.2, 0.25) is 0 Å². The van der Waals surface area contributed by atoms with E-state index in [-0.39, 0.29) is 24.8 Å². The van der Waals surface area contributed by atoms with Gasteiger partial charge in [-0.1, -0.05) is 24.3 Å². The zero-order chi connectivity index (χ0) is 21.6. The first kappa shape index (κ1) is 24.3. The van der Waals surface area contributed by atoms with Gasteiger partial charge in [0.1, 0.15) is 12.4 Å². The molecule has 2 N–H and O–H groups in total. The van der Waals surface area contributed by atoms with Crippen LogP contribution < -0.4 is 20.1 Å². The number of hydrogen-bond donors (Lipinski definition) is 1. The molecule has 2 aromatic carbocycles. The molecule has 32 heavy (non-hydrogen) atoms. The van der Waals surface area contributed by atoms with Crippen LogP contribution in [0, 0.1) is 5.82 Å². The molecule has 172 valence electrons. The predicted octanol–water partition coefficient (Wildman–Crippen LogP) is 5.14. The number of aryl methyl sites for hydroxylation is 2. The van der Waals surface area contributed by atoms with Gasteiger partial charge in [-0.15, -0.1) is 23.7 Å². The van der Waals surface area contributed by atoms with Crippen LogP contribution in [-0.2, 0) is 26.0 Å². The van der Waals surface area contributed by atoms with Gasteiger partial charge in [-0.2, -0.15) is 0 Å².